The molecule has 2 aromatic carbocycles. The molecule has 0 radical (unpaired) electrons. The standard InChI is InChI=1S/C20H16ClN3OS/c1-25-15-8-6-13(7-9-15)16-11-26-20-18(16)19(23-12-24-20)22-10-14-4-2-3-5-17(14)21/h2-9,11-12H,10H2,1H3,(H,22,23,24). The number of rotatable bonds is 5. The normalized spacial score (nSPS) is 10.8. The molecule has 0 atom stereocenters. The number of nitrogens with zero attached hydrogens (tertiary/aromatic N) is 2. The van der Waals surface area contributed by atoms with Gasteiger partial charge in [-0.05, 0) is 29.3 Å². The Morgan fingerprint density at radius 1 is 1.08 bits per heavy atom. The minimum atomic E-state index is 0.601. The Hall–Kier alpha value is -2.63. The first kappa shape index (κ1) is 16.8. The van der Waals surface area contributed by atoms with Crippen molar-refractivity contribution in [3.05, 3.63) is 70.8 Å². The molecule has 4 aromatic rings. The summed E-state index contributed by atoms with van der Waals surface area (Å²) in [4.78, 5) is 9.82. The van der Waals surface area contributed by atoms with E-state index >= 15 is 0 Å². The van der Waals surface area contributed by atoms with E-state index in [2.05, 4.69) is 20.7 Å². The Bertz CT molecular complexity index is 1050. The molecule has 4 nitrogen and oxygen atoms in total. The topological polar surface area (TPSA) is 47.0 Å². The van der Waals surface area contributed by atoms with Crippen molar-refractivity contribution in [3.63, 3.8) is 0 Å². The lowest BCUT2D eigenvalue weighted by Crippen LogP contribution is -2.02. The first-order valence-corrected chi connectivity index (χ1v) is 9.36. The molecule has 4 rings (SSSR count). The molecule has 0 amide bonds. The van der Waals surface area contributed by atoms with Gasteiger partial charge in [0.05, 0.1) is 12.5 Å². The number of nitrogens with one attached hydrogen (secondary N) is 1. The molecular formula is C20H16ClN3OS. The highest BCUT2D eigenvalue weighted by Crippen LogP contribution is 2.37. The zero-order valence-electron chi connectivity index (χ0n) is 14.1. The predicted molar refractivity (Wildman–Crippen MR) is 108 cm³/mol. The van der Waals surface area contributed by atoms with Crippen LogP contribution in [0, 0.1) is 0 Å². The predicted octanol–water partition coefficient (Wildman–Crippen LogP) is 5.63. The van der Waals surface area contributed by atoms with Crippen molar-refractivity contribution in [2.75, 3.05) is 12.4 Å². The molecular weight excluding hydrogens is 366 g/mol. The van der Waals surface area contributed by atoms with Gasteiger partial charge in [0.1, 0.15) is 22.7 Å². The highest BCUT2D eigenvalue weighted by Gasteiger charge is 2.13. The van der Waals surface area contributed by atoms with Gasteiger partial charge in [0.25, 0.3) is 0 Å². The molecule has 0 saturated carbocycles. The van der Waals surface area contributed by atoms with Crippen LogP contribution in [0.2, 0.25) is 5.02 Å². The van der Waals surface area contributed by atoms with Crippen LogP contribution < -0.4 is 10.1 Å². The second kappa shape index (κ2) is 7.32. The lowest BCUT2D eigenvalue weighted by Gasteiger charge is -2.10. The van der Waals surface area contributed by atoms with Gasteiger partial charge in [0.2, 0.25) is 0 Å². The van der Waals surface area contributed by atoms with E-state index in [1.165, 1.54) is 0 Å². The van der Waals surface area contributed by atoms with Crippen molar-refractivity contribution < 1.29 is 4.74 Å². The molecule has 6 heteroatoms. The van der Waals surface area contributed by atoms with Crippen molar-refractivity contribution in [2.24, 2.45) is 0 Å². The van der Waals surface area contributed by atoms with Crippen LogP contribution in [0.5, 0.6) is 5.75 Å². The van der Waals surface area contributed by atoms with Gasteiger partial charge in [0.15, 0.2) is 0 Å². The number of hydrogen-bond donors (Lipinski definition) is 1. The lowest BCUT2D eigenvalue weighted by molar-refractivity contribution is 0.415. The molecule has 0 spiro atoms. The Kier molecular flexibility index (Phi) is 4.73. The van der Waals surface area contributed by atoms with Crippen LogP contribution in [0.3, 0.4) is 0 Å². The zero-order chi connectivity index (χ0) is 17.9. The Labute approximate surface area is 160 Å². The molecule has 0 fully saturated rings. The molecule has 2 heterocycles. The molecule has 2 aromatic heterocycles. The van der Waals surface area contributed by atoms with Crippen LogP contribution in [0.4, 0.5) is 5.82 Å². The summed E-state index contributed by atoms with van der Waals surface area (Å²) in [6.45, 7) is 0.601. The van der Waals surface area contributed by atoms with E-state index in [1.54, 1.807) is 24.8 Å². The van der Waals surface area contributed by atoms with Gasteiger partial charge in [-0.15, -0.1) is 11.3 Å². The second-order valence-electron chi connectivity index (χ2n) is 5.73. The number of benzene rings is 2. The molecule has 0 aliphatic heterocycles. The van der Waals surface area contributed by atoms with Crippen molar-refractivity contribution in [1.82, 2.24) is 9.97 Å². The maximum Gasteiger partial charge on any atom is 0.139 e. The van der Waals surface area contributed by atoms with Crippen LogP contribution in [-0.2, 0) is 6.54 Å². The van der Waals surface area contributed by atoms with E-state index in [1.807, 2.05) is 48.5 Å². The minimum absolute atomic E-state index is 0.601. The molecule has 0 aliphatic carbocycles. The van der Waals surface area contributed by atoms with Gasteiger partial charge in [0, 0.05) is 22.5 Å². The number of anilines is 1. The number of hydrogen-bond acceptors (Lipinski definition) is 5. The van der Waals surface area contributed by atoms with Gasteiger partial charge < -0.3 is 10.1 Å². The zero-order valence-corrected chi connectivity index (χ0v) is 15.6. The summed E-state index contributed by atoms with van der Waals surface area (Å²) in [5.74, 6) is 1.64. The van der Waals surface area contributed by atoms with Crippen LogP contribution >= 0.6 is 22.9 Å². The summed E-state index contributed by atoms with van der Waals surface area (Å²) in [5, 5.41) is 7.29. The average molecular weight is 382 g/mol. The lowest BCUT2D eigenvalue weighted by atomic mass is 10.1. The van der Waals surface area contributed by atoms with Crippen LogP contribution in [-0.4, -0.2) is 17.1 Å². The molecule has 0 unspecified atom stereocenters. The monoisotopic (exact) mass is 381 g/mol. The Balaban J connectivity index is 1.71. The Morgan fingerprint density at radius 3 is 2.65 bits per heavy atom. The molecule has 0 saturated heterocycles. The van der Waals surface area contributed by atoms with Crippen LogP contribution in [0.25, 0.3) is 21.3 Å². The van der Waals surface area contributed by atoms with Gasteiger partial charge in [-0.3, -0.25) is 0 Å². The fourth-order valence-corrected chi connectivity index (χ4v) is 3.93. The van der Waals surface area contributed by atoms with E-state index in [-0.39, 0.29) is 0 Å². The second-order valence-corrected chi connectivity index (χ2v) is 6.99. The third-order valence-corrected chi connectivity index (χ3v) is 5.43. The molecule has 1 N–H and O–H groups in total. The van der Waals surface area contributed by atoms with Gasteiger partial charge >= 0.3 is 0 Å². The summed E-state index contributed by atoms with van der Waals surface area (Å²) in [5.41, 5.74) is 3.24. The van der Waals surface area contributed by atoms with E-state index < -0.39 is 0 Å². The summed E-state index contributed by atoms with van der Waals surface area (Å²) >= 11 is 7.87. The quantitative estimate of drug-likeness (QED) is 0.486. The van der Waals surface area contributed by atoms with Crippen molar-refractivity contribution in [1.29, 1.82) is 0 Å². The van der Waals surface area contributed by atoms with E-state index in [4.69, 9.17) is 16.3 Å². The maximum atomic E-state index is 6.26. The number of ether oxygens (including phenoxy) is 1. The van der Waals surface area contributed by atoms with E-state index in [9.17, 15) is 0 Å². The Morgan fingerprint density at radius 2 is 1.88 bits per heavy atom. The number of halogens is 1. The summed E-state index contributed by atoms with van der Waals surface area (Å²) in [6, 6.07) is 15.8. The summed E-state index contributed by atoms with van der Waals surface area (Å²) in [6.07, 6.45) is 1.59. The fourth-order valence-electron chi connectivity index (χ4n) is 2.81. The highest BCUT2D eigenvalue weighted by atomic mass is 35.5. The molecule has 130 valence electrons. The third-order valence-electron chi connectivity index (χ3n) is 4.18. The number of methoxy groups -OCH3 is 1. The smallest absolute Gasteiger partial charge is 0.139 e. The minimum Gasteiger partial charge on any atom is -0.497 e. The fraction of sp³-hybridized carbons (Fsp3) is 0.100. The maximum absolute atomic E-state index is 6.26. The van der Waals surface area contributed by atoms with Crippen molar-refractivity contribution in [3.8, 4) is 16.9 Å². The molecule has 0 bridgehead atoms. The van der Waals surface area contributed by atoms with E-state index in [0.717, 1.165) is 43.5 Å². The summed E-state index contributed by atoms with van der Waals surface area (Å²) in [7, 11) is 1.67. The van der Waals surface area contributed by atoms with Crippen LogP contribution in [0.1, 0.15) is 5.56 Å². The first-order chi connectivity index (χ1) is 12.8. The van der Waals surface area contributed by atoms with E-state index in [0.29, 0.717) is 6.54 Å². The summed E-state index contributed by atoms with van der Waals surface area (Å²) < 4.78 is 5.25. The highest BCUT2D eigenvalue weighted by molar-refractivity contribution is 7.17. The third kappa shape index (κ3) is 3.23. The van der Waals surface area contributed by atoms with Gasteiger partial charge in [-0.1, -0.05) is 41.9 Å². The number of fused-ring (bicyclic) bond motifs is 1. The van der Waals surface area contributed by atoms with Crippen molar-refractivity contribution in [2.45, 2.75) is 6.54 Å². The molecule has 26 heavy (non-hydrogen) atoms. The largest absolute Gasteiger partial charge is 0.497 e. The first-order valence-electron chi connectivity index (χ1n) is 8.10. The van der Waals surface area contributed by atoms with Crippen molar-refractivity contribution >= 4 is 39.0 Å². The molecule has 0 aliphatic rings. The van der Waals surface area contributed by atoms with Crippen LogP contribution in [0.15, 0.2) is 60.2 Å². The van der Waals surface area contributed by atoms with Gasteiger partial charge in [-0.2, -0.15) is 0 Å². The van der Waals surface area contributed by atoms with Gasteiger partial charge in [-0.25, -0.2) is 9.97 Å². The average Bonchev–Trinajstić information content (AvgIpc) is 3.12. The number of aromatic nitrogens is 2. The number of thiophene rings is 1. The SMILES string of the molecule is COc1ccc(-c2csc3ncnc(NCc4ccccc4Cl)c23)cc1.